The van der Waals surface area contributed by atoms with Crippen molar-refractivity contribution in [2.24, 2.45) is 11.3 Å². The summed E-state index contributed by atoms with van der Waals surface area (Å²) in [5, 5.41) is 3.59. The van der Waals surface area contributed by atoms with Crippen LogP contribution in [0.5, 0.6) is 0 Å². The number of benzene rings is 1. The molecule has 0 aliphatic heterocycles. The van der Waals surface area contributed by atoms with Gasteiger partial charge >= 0.3 is 0 Å². The molecule has 2 nitrogen and oxygen atoms in total. The van der Waals surface area contributed by atoms with Crippen molar-refractivity contribution in [3.05, 3.63) is 35.9 Å². The number of nitrogens with one attached hydrogen (secondary N) is 1. The topological polar surface area (TPSA) is 15.3 Å². The van der Waals surface area contributed by atoms with Gasteiger partial charge in [-0.3, -0.25) is 4.90 Å². The van der Waals surface area contributed by atoms with E-state index < -0.39 is 0 Å². The van der Waals surface area contributed by atoms with Gasteiger partial charge in [-0.25, -0.2) is 0 Å². The first-order chi connectivity index (χ1) is 9.94. The van der Waals surface area contributed by atoms with Crippen molar-refractivity contribution in [2.75, 3.05) is 13.6 Å². The molecule has 1 aliphatic carbocycles. The molecule has 1 fully saturated rings. The van der Waals surface area contributed by atoms with Crippen LogP contribution in [-0.2, 0) is 6.54 Å². The Balaban J connectivity index is 2.03. The summed E-state index contributed by atoms with van der Waals surface area (Å²) < 4.78 is 0. The van der Waals surface area contributed by atoms with Crippen molar-refractivity contribution >= 4 is 0 Å². The fourth-order valence-electron chi connectivity index (χ4n) is 3.92. The Morgan fingerprint density at radius 2 is 1.90 bits per heavy atom. The lowest BCUT2D eigenvalue weighted by Crippen LogP contribution is -2.45. The summed E-state index contributed by atoms with van der Waals surface area (Å²) in [5.74, 6) is 0.760. The summed E-state index contributed by atoms with van der Waals surface area (Å²) >= 11 is 0. The minimum Gasteiger partial charge on any atom is -0.316 e. The molecule has 0 amide bonds. The molecular weight excluding hydrogens is 256 g/mol. The van der Waals surface area contributed by atoms with E-state index in [0.29, 0.717) is 17.5 Å². The first kappa shape index (κ1) is 16.5. The third-order valence-corrected chi connectivity index (χ3v) is 5.21. The maximum absolute atomic E-state index is 3.59. The molecule has 0 heterocycles. The molecule has 21 heavy (non-hydrogen) atoms. The minimum atomic E-state index is 0.425. The first-order valence-corrected chi connectivity index (χ1v) is 8.39. The standard InChI is InChI=1S/C19H32N2/c1-15(2)21(13-16-9-7-6-8-10-16)14-17-11-12-19(3,4)18(17)20-5/h6-10,15,17-18,20H,11-14H2,1-5H3. The summed E-state index contributed by atoms with van der Waals surface area (Å²) in [4.78, 5) is 2.63. The van der Waals surface area contributed by atoms with E-state index in [1.807, 2.05) is 0 Å². The number of hydrogen-bond acceptors (Lipinski definition) is 2. The maximum atomic E-state index is 3.59. The van der Waals surface area contributed by atoms with Gasteiger partial charge < -0.3 is 5.32 Å². The molecular formula is C19H32N2. The molecule has 2 rings (SSSR count). The Bertz CT molecular complexity index is 424. The van der Waals surface area contributed by atoms with Crippen LogP contribution < -0.4 is 5.32 Å². The molecule has 0 radical (unpaired) electrons. The predicted octanol–water partition coefficient (Wildman–Crippen LogP) is 3.92. The largest absolute Gasteiger partial charge is 0.316 e. The van der Waals surface area contributed by atoms with Gasteiger partial charge in [-0.15, -0.1) is 0 Å². The molecule has 1 aromatic carbocycles. The molecule has 0 bridgehead atoms. The number of hydrogen-bond donors (Lipinski definition) is 1. The highest BCUT2D eigenvalue weighted by Gasteiger charge is 2.41. The van der Waals surface area contributed by atoms with E-state index in [1.54, 1.807) is 0 Å². The Kier molecular flexibility index (Phi) is 5.45. The van der Waals surface area contributed by atoms with Crippen molar-refractivity contribution in [1.29, 1.82) is 0 Å². The van der Waals surface area contributed by atoms with Crippen LogP contribution in [0.4, 0.5) is 0 Å². The number of rotatable bonds is 6. The van der Waals surface area contributed by atoms with Crippen molar-refractivity contribution in [3.63, 3.8) is 0 Å². The zero-order valence-electron chi connectivity index (χ0n) is 14.4. The Hall–Kier alpha value is -0.860. The van der Waals surface area contributed by atoms with Crippen LogP contribution in [0.1, 0.15) is 46.1 Å². The summed E-state index contributed by atoms with van der Waals surface area (Å²) in [6, 6.07) is 12.1. The molecule has 1 aliphatic rings. The van der Waals surface area contributed by atoms with Gasteiger partial charge in [-0.1, -0.05) is 44.2 Å². The van der Waals surface area contributed by atoms with Gasteiger partial charge in [0.1, 0.15) is 0 Å². The van der Waals surface area contributed by atoms with E-state index in [1.165, 1.54) is 24.9 Å². The summed E-state index contributed by atoms with van der Waals surface area (Å²) in [6.07, 6.45) is 2.68. The molecule has 0 aromatic heterocycles. The van der Waals surface area contributed by atoms with Crippen LogP contribution >= 0.6 is 0 Å². The van der Waals surface area contributed by atoms with Gasteiger partial charge in [-0.2, -0.15) is 0 Å². The van der Waals surface area contributed by atoms with Gasteiger partial charge in [0.25, 0.3) is 0 Å². The Morgan fingerprint density at radius 3 is 2.48 bits per heavy atom. The van der Waals surface area contributed by atoms with Gasteiger partial charge in [0.2, 0.25) is 0 Å². The zero-order chi connectivity index (χ0) is 15.5. The van der Waals surface area contributed by atoms with E-state index >= 15 is 0 Å². The van der Waals surface area contributed by atoms with Crippen LogP contribution in [0.2, 0.25) is 0 Å². The smallest absolute Gasteiger partial charge is 0.0236 e. The molecule has 1 aromatic rings. The normalized spacial score (nSPS) is 24.9. The molecule has 118 valence electrons. The quantitative estimate of drug-likeness (QED) is 0.853. The molecule has 0 saturated heterocycles. The molecule has 1 N–H and O–H groups in total. The third-order valence-electron chi connectivity index (χ3n) is 5.21. The Morgan fingerprint density at radius 1 is 1.24 bits per heavy atom. The van der Waals surface area contributed by atoms with Gasteiger partial charge in [-0.05, 0) is 50.6 Å². The van der Waals surface area contributed by atoms with Crippen LogP contribution in [0, 0.1) is 11.3 Å². The lowest BCUT2D eigenvalue weighted by atomic mass is 9.84. The highest BCUT2D eigenvalue weighted by Crippen LogP contribution is 2.41. The fraction of sp³-hybridized carbons (Fsp3) is 0.684. The number of nitrogens with zero attached hydrogens (tertiary/aromatic N) is 1. The second-order valence-electron chi connectivity index (χ2n) is 7.56. The maximum Gasteiger partial charge on any atom is 0.0236 e. The highest BCUT2D eigenvalue weighted by atomic mass is 15.2. The van der Waals surface area contributed by atoms with Gasteiger partial charge in [0.05, 0.1) is 0 Å². The van der Waals surface area contributed by atoms with Crippen LogP contribution in [0.15, 0.2) is 30.3 Å². The summed E-state index contributed by atoms with van der Waals surface area (Å²) in [6.45, 7) is 11.7. The predicted molar refractivity (Wildman–Crippen MR) is 91.3 cm³/mol. The van der Waals surface area contributed by atoms with E-state index in [4.69, 9.17) is 0 Å². The molecule has 2 atom stereocenters. The third kappa shape index (κ3) is 4.08. The lowest BCUT2D eigenvalue weighted by Gasteiger charge is -2.35. The SMILES string of the molecule is CNC1C(CN(Cc2ccccc2)C(C)C)CCC1(C)C. The minimum absolute atomic E-state index is 0.425. The van der Waals surface area contributed by atoms with Crippen molar-refractivity contribution in [3.8, 4) is 0 Å². The van der Waals surface area contributed by atoms with Gasteiger partial charge in [0.15, 0.2) is 0 Å². The molecule has 0 spiro atoms. The fourth-order valence-corrected chi connectivity index (χ4v) is 3.92. The van der Waals surface area contributed by atoms with Crippen LogP contribution in [0.3, 0.4) is 0 Å². The second kappa shape index (κ2) is 6.93. The van der Waals surface area contributed by atoms with Gasteiger partial charge in [0, 0.05) is 25.2 Å². The average Bonchev–Trinajstić information content (AvgIpc) is 2.73. The monoisotopic (exact) mass is 288 g/mol. The van der Waals surface area contributed by atoms with E-state index in [0.717, 1.165) is 12.5 Å². The molecule has 2 unspecified atom stereocenters. The average molecular weight is 288 g/mol. The van der Waals surface area contributed by atoms with Crippen LogP contribution in [-0.4, -0.2) is 30.6 Å². The Labute approximate surface area is 130 Å². The van der Waals surface area contributed by atoms with E-state index in [9.17, 15) is 0 Å². The first-order valence-electron chi connectivity index (χ1n) is 8.39. The van der Waals surface area contributed by atoms with Crippen LogP contribution in [0.25, 0.3) is 0 Å². The molecule has 2 heteroatoms. The summed E-state index contributed by atoms with van der Waals surface area (Å²) in [7, 11) is 2.13. The zero-order valence-corrected chi connectivity index (χ0v) is 14.4. The second-order valence-corrected chi connectivity index (χ2v) is 7.56. The van der Waals surface area contributed by atoms with Crippen molar-refractivity contribution in [1.82, 2.24) is 10.2 Å². The van der Waals surface area contributed by atoms with Crippen molar-refractivity contribution in [2.45, 2.75) is 59.2 Å². The van der Waals surface area contributed by atoms with Crippen molar-refractivity contribution < 1.29 is 0 Å². The summed E-state index contributed by atoms with van der Waals surface area (Å²) in [5.41, 5.74) is 1.85. The lowest BCUT2D eigenvalue weighted by molar-refractivity contribution is 0.153. The van der Waals surface area contributed by atoms with E-state index in [-0.39, 0.29) is 0 Å². The highest BCUT2D eigenvalue weighted by molar-refractivity contribution is 5.14. The van der Waals surface area contributed by atoms with E-state index in [2.05, 4.69) is 75.3 Å². The molecule has 1 saturated carbocycles.